The van der Waals surface area contributed by atoms with E-state index in [9.17, 15) is 32.9 Å². The summed E-state index contributed by atoms with van der Waals surface area (Å²) in [4.78, 5) is 37.0. The van der Waals surface area contributed by atoms with Gasteiger partial charge in [0.15, 0.2) is 0 Å². The van der Waals surface area contributed by atoms with Crippen molar-refractivity contribution in [2.75, 3.05) is 0 Å². The highest BCUT2D eigenvalue weighted by molar-refractivity contribution is 9.10. The van der Waals surface area contributed by atoms with Crippen LogP contribution in [-0.2, 0) is 17.5 Å². The fraction of sp³-hybridized carbons (Fsp3) is 0.120. The first-order valence-electron chi connectivity index (χ1n) is 10.6. The minimum atomic E-state index is -4.74. The monoisotopic (exact) mass is 592 g/mol. The second kappa shape index (κ2) is 10.4. The zero-order valence-electron chi connectivity index (χ0n) is 18.9. The number of carbonyl (C=O) groups excluding carboxylic acids is 2. The Hall–Kier alpha value is -3.64. The maximum absolute atomic E-state index is 12.9. The average Bonchev–Trinajstić information content (AvgIpc) is 3.07. The third-order valence-corrected chi connectivity index (χ3v) is 6.78. The van der Waals surface area contributed by atoms with Gasteiger partial charge in [0, 0.05) is 6.07 Å². The van der Waals surface area contributed by atoms with Crippen LogP contribution in [0.2, 0.25) is 0 Å². The fourth-order valence-electron chi connectivity index (χ4n) is 3.51. The number of rotatable bonds is 6. The molecule has 3 aromatic carbocycles. The van der Waals surface area contributed by atoms with Crippen molar-refractivity contribution in [2.24, 2.45) is 0 Å². The topological polar surface area (TPSA) is 89.8 Å². The lowest BCUT2D eigenvalue weighted by atomic mass is 10.1. The highest BCUT2D eigenvalue weighted by Gasteiger charge is 2.35. The number of thioether (sulfide) groups is 1. The number of hydrogen-bond acceptors (Lipinski definition) is 6. The van der Waals surface area contributed by atoms with Crippen LogP contribution in [0.5, 0.6) is 11.5 Å². The molecular formula is C25H16BrF3N2O5S. The van der Waals surface area contributed by atoms with Crippen LogP contribution in [0, 0.1) is 17.0 Å². The lowest BCUT2D eigenvalue weighted by molar-refractivity contribution is -0.385. The number of nitrogens with zero attached hydrogens (tertiary/aromatic N) is 2. The third kappa shape index (κ3) is 6.03. The Morgan fingerprint density at radius 2 is 1.81 bits per heavy atom. The van der Waals surface area contributed by atoms with Crippen molar-refractivity contribution in [3.63, 3.8) is 0 Å². The van der Waals surface area contributed by atoms with Gasteiger partial charge in [-0.1, -0.05) is 35.9 Å². The molecule has 0 N–H and O–H groups in total. The molecule has 0 bridgehead atoms. The largest absolute Gasteiger partial charge is 0.449 e. The average molecular weight is 593 g/mol. The molecule has 190 valence electrons. The number of benzene rings is 3. The van der Waals surface area contributed by atoms with Crippen molar-refractivity contribution < 1.29 is 32.4 Å². The quantitative estimate of drug-likeness (QED) is 0.165. The van der Waals surface area contributed by atoms with Gasteiger partial charge in [-0.3, -0.25) is 24.6 Å². The molecule has 1 saturated heterocycles. The van der Waals surface area contributed by atoms with Crippen molar-refractivity contribution in [1.82, 2.24) is 4.90 Å². The summed E-state index contributed by atoms with van der Waals surface area (Å²) >= 11 is 4.08. The molecule has 0 unspecified atom stereocenters. The number of halogens is 4. The lowest BCUT2D eigenvalue weighted by Gasteiger charge is -2.13. The van der Waals surface area contributed by atoms with Gasteiger partial charge >= 0.3 is 11.9 Å². The molecule has 1 heterocycles. The molecule has 1 aliphatic rings. The molecule has 0 saturated carbocycles. The van der Waals surface area contributed by atoms with Crippen LogP contribution in [0.1, 0.15) is 22.3 Å². The van der Waals surface area contributed by atoms with E-state index in [1.807, 2.05) is 31.2 Å². The minimum absolute atomic E-state index is 0.104. The van der Waals surface area contributed by atoms with Gasteiger partial charge in [-0.2, -0.15) is 13.2 Å². The first kappa shape index (κ1) is 26.4. The molecule has 0 spiro atoms. The van der Waals surface area contributed by atoms with E-state index >= 15 is 0 Å². The number of imide groups is 1. The summed E-state index contributed by atoms with van der Waals surface area (Å²) in [5, 5.41) is 10.9. The summed E-state index contributed by atoms with van der Waals surface area (Å²) in [7, 11) is 0. The summed E-state index contributed by atoms with van der Waals surface area (Å²) in [6.45, 7) is 2.06. The van der Waals surface area contributed by atoms with Crippen LogP contribution in [-0.4, -0.2) is 21.0 Å². The van der Waals surface area contributed by atoms with Crippen LogP contribution in [0.4, 0.5) is 23.7 Å². The molecule has 4 rings (SSSR count). The van der Waals surface area contributed by atoms with E-state index in [0.717, 1.165) is 33.9 Å². The van der Waals surface area contributed by atoms with E-state index < -0.39 is 33.5 Å². The predicted octanol–water partition coefficient (Wildman–Crippen LogP) is 7.71. The summed E-state index contributed by atoms with van der Waals surface area (Å²) in [5.41, 5.74) is 0.353. The van der Waals surface area contributed by atoms with Gasteiger partial charge in [0.05, 0.1) is 26.4 Å². The number of alkyl halides is 3. The summed E-state index contributed by atoms with van der Waals surface area (Å²) in [6, 6.07) is 14.0. The molecule has 0 radical (unpaired) electrons. The summed E-state index contributed by atoms with van der Waals surface area (Å²) in [6.07, 6.45) is -3.22. The Bertz CT molecular complexity index is 1460. The van der Waals surface area contributed by atoms with Crippen LogP contribution >= 0.6 is 27.7 Å². The lowest BCUT2D eigenvalue weighted by Crippen LogP contribution is -2.27. The van der Waals surface area contributed by atoms with Crippen LogP contribution in [0.25, 0.3) is 6.08 Å². The molecular weight excluding hydrogens is 577 g/mol. The molecule has 12 heteroatoms. The second-order valence-electron chi connectivity index (χ2n) is 7.99. The highest BCUT2D eigenvalue weighted by atomic mass is 79.9. The predicted molar refractivity (Wildman–Crippen MR) is 135 cm³/mol. The van der Waals surface area contributed by atoms with Crippen molar-refractivity contribution in [3.05, 3.63) is 102 Å². The molecule has 0 atom stereocenters. The molecule has 3 aromatic rings. The van der Waals surface area contributed by atoms with Crippen molar-refractivity contribution in [1.29, 1.82) is 0 Å². The maximum atomic E-state index is 12.9. The van der Waals surface area contributed by atoms with Gasteiger partial charge in [-0.15, -0.1) is 0 Å². The molecule has 1 aliphatic heterocycles. The Labute approximate surface area is 221 Å². The van der Waals surface area contributed by atoms with Crippen molar-refractivity contribution in [2.45, 2.75) is 19.6 Å². The van der Waals surface area contributed by atoms with Crippen molar-refractivity contribution >= 4 is 50.6 Å². The van der Waals surface area contributed by atoms with E-state index in [1.54, 1.807) is 12.1 Å². The smallest absolute Gasteiger partial charge is 0.416 e. The van der Waals surface area contributed by atoms with Crippen LogP contribution in [0.3, 0.4) is 0 Å². The van der Waals surface area contributed by atoms with Gasteiger partial charge in [0.2, 0.25) is 5.75 Å². The Morgan fingerprint density at radius 3 is 2.46 bits per heavy atom. The van der Waals surface area contributed by atoms with Gasteiger partial charge < -0.3 is 4.74 Å². The zero-order chi connectivity index (χ0) is 26.9. The molecule has 7 nitrogen and oxygen atoms in total. The van der Waals surface area contributed by atoms with Gasteiger partial charge in [0.25, 0.3) is 11.1 Å². The Balaban J connectivity index is 1.54. The van der Waals surface area contributed by atoms with E-state index in [1.165, 1.54) is 12.1 Å². The second-order valence-corrected chi connectivity index (χ2v) is 9.83. The summed E-state index contributed by atoms with van der Waals surface area (Å²) in [5.74, 6) is -0.704. The molecule has 1 fully saturated rings. The number of aryl methyl sites for hydroxylation is 1. The number of carbonyl (C=O) groups is 2. The van der Waals surface area contributed by atoms with E-state index in [0.29, 0.717) is 22.2 Å². The van der Waals surface area contributed by atoms with Crippen molar-refractivity contribution in [3.8, 4) is 11.5 Å². The minimum Gasteiger partial charge on any atom is -0.449 e. The first-order chi connectivity index (χ1) is 17.4. The van der Waals surface area contributed by atoms with Crippen LogP contribution in [0.15, 0.2) is 70.0 Å². The number of ether oxygens (including phenoxy) is 1. The van der Waals surface area contributed by atoms with E-state index in [-0.39, 0.29) is 22.9 Å². The molecule has 37 heavy (non-hydrogen) atoms. The number of amides is 2. The van der Waals surface area contributed by atoms with E-state index in [2.05, 4.69) is 15.9 Å². The zero-order valence-corrected chi connectivity index (χ0v) is 21.3. The summed E-state index contributed by atoms with van der Waals surface area (Å²) < 4.78 is 44.7. The third-order valence-electron chi connectivity index (χ3n) is 5.25. The number of hydrogen-bond donors (Lipinski definition) is 0. The first-order valence-corrected chi connectivity index (χ1v) is 12.2. The molecule has 0 aliphatic carbocycles. The van der Waals surface area contributed by atoms with Crippen LogP contribution < -0.4 is 4.74 Å². The Morgan fingerprint density at radius 1 is 1.08 bits per heavy atom. The van der Waals surface area contributed by atoms with Gasteiger partial charge in [-0.25, -0.2) is 0 Å². The highest BCUT2D eigenvalue weighted by Crippen LogP contribution is 2.40. The normalized spacial score (nSPS) is 14.9. The number of nitro groups is 1. The van der Waals surface area contributed by atoms with E-state index in [4.69, 9.17) is 4.74 Å². The maximum Gasteiger partial charge on any atom is 0.416 e. The fourth-order valence-corrected chi connectivity index (χ4v) is 4.83. The van der Waals surface area contributed by atoms with Gasteiger partial charge in [0.1, 0.15) is 5.75 Å². The molecule has 0 aromatic heterocycles. The Kier molecular flexibility index (Phi) is 7.42. The SMILES string of the molecule is Cc1cccc(CN2C(=O)S/C(=C\c3ccc(Oc4ccc(C(F)(F)F)cc4[N+](=O)[O-])c(Br)c3)C2=O)c1. The standard InChI is InChI=1S/C25H16BrF3N2O5S/c1-14-3-2-4-16(9-14)13-30-23(32)22(37-24(30)33)11-15-5-7-20(18(26)10-15)36-21-8-6-17(25(27,28)29)12-19(21)31(34)35/h2-12H,13H2,1H3/b22-11-. The molecule has 2 amide bonds. The number of nitro benzene ring substituents is 1. The van der Waals surface area contributed by atoms with Gasteiger partial charge in [-0.05, 0) is 76.1 Å².